The molecule has 0 saturated carbocycles. The summed E-state index contributed by atoms with van der Waals surface area (Å²) in [6, 6.07) is 0. The van der Waals surface area contributed by atoms with Crippen molar-refractivity contribution >= 4 is 29.3 Å². The summed E-state index contributed by atoms with van der Waals surface area (Å²) in [4.78, 5) is 15.7. The highest BCUT2D eigenvalue weighted by atomic mass is 32.2. The Kier molecular flexibility index (Phi) is 5.21. The van der Waals surface area contributed by atoms with Crippen LogP contribution in [0.5, 0.6) is 0 Å². The summed E-state index contributed by atoms with van der Waals surface area (Å²) in [6.07, 6.45) is 0.845. The van der Waals surface area contributed by atoms with E-state index in [0.717, 1.165) is 16.6 Å². The van der Waals surface area contributed by atoms with Crippen LogP contribution in [0.3, 0.4) is 0 Å². The smallest absolute Gasteiger partial charge is 0.309 e. The van der Waals surface area contributed by atoms with Crippen LogP contribution in [0.15, 0.2) is 4.34 Å². The number of hydrogen-bond donors (Lipinski definition) is 0. The fourth-order valence-electron chi connectivity index (χ4n) is 1.07. The fourth-order valence-corrected chi connectivity index (χ4v) is 3.10. The molecule has 0 radical (unpaired) electrons. The van der Waals surface area contributed by atoms with Crippen LogP contribution >= 0.6 is 23.3 Å². The summed E-state index contributed by atoms with van der Waals surface area (Å²) >= 11 is 2.96. The van der Waals surface area contributed by atoms with Crippen molar-refractivity contribution in [3.63, 3.8) is 0 Å². The van der Waals surface area contributed by atoms with E-state index in [2.05, 4.69) is 9.36 Å². The molecule has 0 N–H and O–H groups in total. The minimum Gasteiger partial charge on any atom is -0.469 e. The van der Waals surface area contributed by atoms with Gasteiger partial charge in [-0.3, -0.25) is 4.79 Å². The third kappa shape index (κ3) is 3.45. The monoisotopic (exact) mass is 260 g/mol. The first-order valence-corrected chi connectivity index (χ1v) is 6.80. The largest absolute Gasteiger partial charge is 0.469 e. The van der Waals surface area contributed by atoms with E-state index in [1.54, 1.807) is 11.8 Å². The topological polar surface area (TPSA) is 52.1 Å². The molecule has 16 heavy (non-hydrogen) atoms. The van der Waals surface area contributed by atoms with Crippen LogP contribution in [0.1, 0.15) is 26.6 Å². The molecule has 0 aliphatic carbocycles. The van der Waals surface area contributed by atoms with Crippen LogP contribution in [0.25, 0.3) is 0 Å². The summed E-state index contributed by atoms with van der Waals surface area (Å²) in [7, 11) is 1.41. The van der Waals surface area contributed by atoms with E-state index in [1.807, 2.05) is 20.8 Å². The number of carbonyl (C=O) groups excluding carboxylic acids is 1. The maximum absolute atomic E-state index is 11.3. The van der Waals surface area contributed by atoms with Crippen molar-refractivity contribution in [2.24, 2.45) is 5.92 Å². The third-order valence-electron chi connectivity index (χ3n) is 2.33. The molecule has 0 aromatic carbocycles. The molecule has 1 rings (SSSR count). The van der Waals surface area contributed by atoms with Gasteiger partial charge in [0.05, 0.1) is 13.0 Å². The van der Waals surface area contributed by atoms with Gasteiger partial charge >= 0.3 is 5.97 Å². The molecular formula is C10H16N2O2S2. The fraction of sp³-hybridized carbons (Fsp3) is 0.700. The van der Waals surface area contributed by atoms with Crippen LogP contribution in [0.4, 0.5) is 0 Å². The zero-order valence-electron chi connectivity index (χ0n) is 9.89. The lowest BCUT2D eigenvalue weighted by atomic mass is 10.1. The van der Waals surface area contributed by atoms with E-state index in [9.17, 15) is 4.79 Å². The van der Waals surface area contributed by atoms with E-state index >= 15 is 0 Å². The van der Waals surface area contributed by atoms with Gasteiger partial charge in [0.2, 0.25) is 0 Å². The molecule has 4 nitrogen and oxygen atoms in total. The van der Waals surface area contributed by atoms with E-state index < -0.39 is 0 Å². The number of esters is 1. The molecule has 0 spiro atoms. The summed E-state index contributed by atoms with van der Waals surface area (Å²) < 4.78 is 9.83. The molecule has 1 aromatic rings. The van der Waals surface area contributed by atoms with Gasteiger partial charge in [0.15, 0.2) is 4.34 Å². The average molecular weight is 260 g/mol. The van der Waals surface area contributed by atoms with Crippen molar-refractivity contribution in [2.75, 3.05) is 7.11 Å². The van der Waals surface area contributed by atoms with Gasteiger partial charge in [-0.15, -0.1) is 0 Å². The first-order chi connectivity index (χ1) is 7.58. The number of nitrogens with zero attached hydrogens (tertiary/aromatic N) is 2. The van der Waals surface area contributed by atoms with Crippen LogP contribution in [0, 0.1) is 5.92 Å². The second-order valence-corrected chi connectivity index (χ2v) is 5.84. The number of carbonyl (C=O) groups is 1. The van der Waals surface area contributed by atoms with Gasteiger partial charge in [0.25, 0.3) is 0 Å². The van der Waals surface area contributed by atoms with Gasteiger partial charge in [-0.2, -0.15) is 4.37 Å². The summed E-state index contributed by atoms with van der Waals surface area (Å²) in [5.74, 6) is 0.551. The number of hydrogen-bond acceptors (Lipinski definition) is 6. The zero-order chi connectivity index (χ0) is 12.1. The predicted octanol–water partition coefficient (Wildman–Crippen LogP) is 2.39. The number of aromatic nitrogens is 2. The quantitative estimate of drug-likeness (QED) is 0.601. The Labute approximate surface area is 104 Å². The van der Waals surface area contributed by atoms with Crippen LogP contribution in [0.2, 0.25) is 0 Å². The highest BCUT2D eigenvalue weighted by Crippen LogP contribution is 2.29. The molecule has 2 unspecified atom stereocenters. The average Bonchev–Trinajstić information content (AvgIpc) is 2.74. The third-order valence-corrected chi connectivity index (χ3v) is 4.46. The standard InChI is InChI=1S/C10H16N2O2S2/c1-5-8-11-10(16-12-8)15-7(3)6(2)9(13)14-4/h6-7H,5H2,1-4H3. The zero-order valence-corrected chi connectivity index (χ0v) is 11.5. The minimum atomic E-state index is -0.180. The number of methoxy groups -OCH3 is 1. The van der Waals surface area contributed by atoms with Gasteiger partial charge in [-0.05, 0) is 11.5 Å². The van der Waals surface area contributed by atoms with E-state index in [4.69, 9.17) is 4.74 Å². The van der Waals surface area contributed by atoms with Gasteiger partial charge in [-0.1, -0.05) is 32.5 Å². The van der Waals surface area contributed by atoms with Crippen LogP contribution in [-0.4, -0.2) is 27.7 Å². The van der Waals surface area contributed by atoms with Crippen molar-refractivity contribution in [1.82, 2.24) is 9.36 Å². The Bertz CT molecular complexity index is 354. The lowest BCUT2D eigenvalue weighted by Crippen LogP contribution is -2.21. The van der Waals surface area contributed by atoms with E-state index in [0.29, 0.717) is 0 Å². The highest BCUT2D eigenvalue weighted by molar-refractivity contribution is 8.01. The number of ether oxygens (including phenoxy) is 1. The lowest BCUT2D eigenvalue weighted by Gasteiger charge is -2.15. The molecule has 1 aromatic heterocycles. The van der Waals surface area contributed by atoms with Crippen molar-refractivity contribution in [3.05, 3.63) is 5.82 Å². The molecule has 0 amide bonds. The molecule has 0 aliphatic rings. The molecule has 0 saturated heterocycles. The minimum absolute atomic E-state index is 0.135. The SMILES string of the molecule is CCc1nsc(SC(C)C(C)C(=O)OC)n1. The van der Waals surface area contributed by atoms with Gasteiger partial charge in [0, 0.05) is 11.7 Å². The van der Waals surface area contributed by atoms with Crippen LogP contribution in [-0.2, 0) is 16.0 Å². The molecule has 0 aliphatic heterocycles. The van der Waals surface area contributed by atoms with Crippen molar-refractivity contribution in [3.8, 4) is 0 Å². The molecular weight excluding hydrogens is 244 g/mol. The molecule has 1 heterocycles. The molecule has 6 heteroatoms. The predicted molar refractivity (Wildman–Crippen MR) is 65.8 cm³/mol. The second kappa shape index (κ2) is 6.20. The Balaban J connectivity index is 2.56. The number of rotatable bonds is 5. The maximum Gasteiger partial charge on any atom is 0.309 e. The first-order valence-electron chi connectivity index (χ1n) is 5.15. The first kappa shape index (κ1) is 13.4. The molecule has 90 valence electrons. The van der Waals surface area contributed by atoms with Gasteiger partial charge in [0.1, 0.15) is 5.82 Å². The summed E-state index contributed by atoms with van der Waals surface area (Å²) in [5, 5.41) is 0.144. The van der Waals surface area contributed by atoms with Gasteiger partial charge < -0.3 is 4.74 Å². The molecule has 2 atom stereocenters. The summed E-state index contributed by atoms with van der Waals surface area (Å²) in [6.45, 7) is 5.89. The second-order valence-electron chi connectivity index (χ2n) is 3.46. The Morgan fingerprint density at radius 3 is 2.75 bits per heavy atom. The van der Waals surface area contributed by atoms with Crippen molar-refractivity contribution < 1.29 is 9.53 Å². The maximum atomic E-state index is 11.3. The number of aryl methyl sites for hydroxylation is 1. The highest BCUT2D eigenvalue weighted by Gasteiger charge is 2.22. The summed E-state index contributed by atoms with van der Waals surface area (Å²) in [5.41, 5.74) is 0. The Morgan fingerprint density at radius 2 is 2.25 bits per heavy atom. The number of thioether (sulfide) groups is 1. The normalized spacial score (nSPS) is 14.5. The Morgan fingerprint density at radius 1 is 1.56 bits per heavy atom. The molecule has 0 bridgehead atoms. The van der Waals surface area contributed by atoms with Crippen molar-refractivity contribution in [1.29, 1.82) is 0 Å². The van der Waals surface area contributed by atoms with Gasteiger partial charge in [-0.25, -0.2) is 4.98 Å². The molecule has 0 fully saturated rings. The van der Waals surface area contributed by atoms with E-state index in [1.165, 1.54) is 18.6 Å². The van der Waals surface area contributed by atoms with E-state index in [-0.39, 0.29) is 17.1 Å². The lowest BCUT2D eigenvalue weighted by molar-refractivity contribution is -0.144. The van der Waals surface area contributed by atoms with Crippen molar-refractivity contribution in [2.45, 2.75) is 36.8 Å². The van der Waals surface area contributed by atoms with Crippen LogP contribution < -0.4 is 0 Å². The Hall–Kier alpha value is -0.620.